The van der Waals surface area contributed by atoms with Gasteiger partial charge >= 0.3 is 0 Å². The van der Waals surface area contributed by atoms with E-state index in [9.17, 15) is 0 Å². The molecule has 1 aliphatic carbocycles. The Morgan fingerprint density at radius 3 is 1.69 bits per heavy atom. The molecule has 70 heavy (non-hydrogen) atoms. The molecule has 0 aliphatic heterocycles. The van der Waals surface area contributed by atoms with Crippen molar-refractivity contribution in [3.63, 3.8) is 0 Å². The number of thiophene rings is 1. The largest absolute Gasteiger partial charge is 0.310 e. The summed E-state index contributed by atoms with van der Waals surface area (Å²) >= 11 is 1.89. The highest BCUT2D eigenvalue weighted by Gasteiger charge is 2.46. The fourth-order valence-electron chi connectivity index (χ4n) is 11.7. The van der Waals surface area contributed by atoms with Crippen molar-refractivity contribution in [2.75, 3.05) is 4.90 Å². The molecule has 2 aromatic heterocycles. The van der Waals surface area contributed by atoms with Gasteiger partial charge in [0.15, 0.2) is 0 Å². The second-order valence-corrected chi connectivity index (χ2v) is 19.4. The number of anilines is 3. The Balaban J connectivity index is 1.02. The van der Waals surface area contributed by atoms with Crippen molar-refractivity contribution in [3.8, 4) is 39.1 Å². The first-order chi connectivity index (χ1) is 34.7. The molecule has 0 unspecified atom stereocenters. The van der Waals surface area contributed by atoms with E-state index in [1.54, 1.807) is 0 Å². The molecule has 0 saturated heterocycles. The highest BCUT2D eigenvalue weighted by Crippen LogP contribution is 2.57. The maximum atomic E-state index is 2.48. The summed E-state index contributed by atoms with van der Waals surface area (Å²) in [4.78, 5) is 2.46. The summed E-state index contributed by atoms with van der Waals surface area (Å²) in [6.45, 7) is 0. The Labute approximate surface area is 411 Å². The predicted molar refractivity (Wildman–Crippen MR) is 297 cm³/mol. The highest BCUT2D eigenvalue weighted by molar-refractivity contribution is 7.26. The summed E-state index contributed by atoms with van der Waals surface area (Å²) in [6, 6.07) is 98.5. The summed E-state index contributed by atoms with van der Waals surface area (Å²) in [7, 11) is 0. The van der Waals surface area contributed by atoms with Gasteiger partial charge in [0.2, 0.25) is 0 Å². The molecule has 2 nitrogen and oxygen atoms in total. The minimum atomic E-state index is -0.531. The summed E-state index contributed by atoms with van der Waals surface area (Å²) < 4.78 is 5.05. The summed E-state index contributed by atoms with van der Waals surface area (Å²) in [5.74, 6) is 0. The van der Waals surface area contributed by atoms with Crippen molar-refractivity contribution in [1.82, 2.24) is 4.57 Å². The van der Waals surface area contributed by atoms with Crippen LogP contribution in [0.1, 0.15) is 22.3 Å². The van der Waals surface area contributed by atoms with Crippen LogP contribution >= 0.6 is 11.3 Å². The van der Waals surface area contributed by atoms with Gasteiger partial charge in [-0.1, -0.05) is 200 Å². The Morgan fingerprint density at radius 1 is 0.357 bits per heavy atom. The van der Waals surface area contributed by atoms with E-state index in [2.05, 4.69) is 276 Å². The predicted octanol–water partition coefficient (Wildman–Crippen LogP) is 18.3. The fraction of sp³-hybridized carbons (Fsp3) is 0.0149. The van der Waals surface area contributed by atoms with Crippen LogP contribution in [0.5, 0.6) is 0 Å². The third-order valence-electron chi connectivity index (χ3n) is 14.6. The first kappa shape index (κ1) is 40.3. The van der Waals surface area contributed by atoms with Gasteiger partial charge in [-0.25, -0.2) is 0 Å². The van der Waals surface area contributed by atoms with Gasteiger partial charge in [-0.2, -0.15) is 0 Å². The number of hydrogen-bond acceptors (Lipinski definition) is 2. The number of para-hydroxylation sites is 2. The maximum absolute atomic E-state index is 2.48. The van der Waals surface area contributed by atoms with E-state index >= 15 is 0 Å². The molecule has 3 heteroatoms. The number of hydrogen-bond donors (Lipinski definition) is 0. The van der Waals surface area contributed by atoms with Crippen LogP contribution in [0.15, 0.2) is 267 Å². The molecule has 2 heterocycles. The lowest BCUT2D eigenvalue weighted by Crippen LogP contribution is -2.28. The fourth-order valence-corrected chi connectivity index (χ4v) is 12.9. The Morgan fingerprint density at radius 2 is 0.929 bits per heavy atom. The average molecular weight is 909 g/mol. The van der Waals surface area contributed by atoms with Crippen LogP contribution in [0.3, 0.4) is 0 Å². The SMILES string of the molecule is c1ccc(-c2ccc(N(c3cccc(-c4cc5c6ccccc6n(-c6ccccc6)c5c5c4sc4ccccc45)c3)c3ccc4c(c3)C(c3ccccc3)(c3ccccc3)c3ccccc3-4)cc2)cc1. The van der Waals surface area contributed by atoms with Gasteiger partial charge in [-0.15, -0.1) is 11.3 Å². The van der Waals surface area contributed by atoms with Gasteiger partial charge in [0.05, 0.1) is 16.4 Å². The lowest BCUT2D eigenvalue weighted by molar-refractivity contribution is 0.768. The van der Waals surface area contributed by atoms with E-state index in [0.717, 1.165) is 22.7 Å². The Bertz CT molecular complexity index is 4060. The number of rotatable bonds is 8. The zero-order valence-corrected chi connectivity index (χ0v) is 39.0. The molecule has 0 bridgehead atoms. The summed E-state index contributed by atoms with van der Waals surface area (Å²) in [5, 5.41) is 5.07. The van der Waals surface area contributed by atoms with Gasteiger partial charge in [-0.05, 0) is 117 Å². The molecular formula is C67H44N2S. The lowest BCUT2D eigenvalue weighted by Gasteiger charge is -2.35. The number of benzene rings is 11. The molecule has 13 aromatic rings. The molecule has 328 valence electrons. The van der Waals surface area contributed by atoms with Gasteiger partial charge in [-0.3, -0.25) is 0 Å². The normalized spacial score (nSPS) is 12.7. The Kier molecular flexibility index (Phi) is 9.33. The summed E-state index contributed by atoms with van der Waals surface area (Å²) in [5.41, 5.74) is 18.8. The molecule has 0 amide bonds. The molecule has 0 atom stereocenters. The minimum Gasteiger partial charge on any atom is -0.310 e. The number of aromatic nitrogens is 1. The van der Waals surface area contributed by atoms with Crippen LogP contribution in [0.25, 0.3) is 81.0 Å². The van der Waals surface area contributed by atoms with Crippen molar-refractivity contribution in [3.05, 3.63) is 289 Å². The molecular weight excluding hydrogens is 865 g/mol. The first-order valence-corrected chi connectivity index (χ1v) is 24.9. The molecule has 11 aromatic carbocycles. The van der Waals surface area contributed by atoms with Crippen LogP contribution in [0.4, 0.5) is 17.1 Å². The smallest absolute Gasteiger partial charge is 0.0714 e. The molecule has 0 saturated carbocycles. The van der Waals surface area contributed by atoms with Gasteiger partial charge in [0.25, 0.3) is 0 Å². The quantitative estimate of drug-likeness (QED) is 0.147. The molecule has 0 fully saturated rings. The topological polar surface area (TPSA) is 8.17 Å². The Hall–Kier alpha value is -8.76. The van der Waals surface area contributed by atoms with Crippen molar-refractivity contribution < 1.29 is 0 Å². The third kappa shape index (κ3) is 6.12. The minimum absolute atomic E-state index is 0.531. The van der Waals surface area contributed by atoms with Crippen molar-refractivity contribution in [2.45, 2.75) is 5.41 Å². The van der Waals surface area contributed by atoms with E-state index in [1.807, 2.05) is 11.3 Å². The molecule has 1 aliphatic rings. The summed E-state index contributed by atoms with van der Waals surface area (Å²) in [6.07, 6.45) is 0. The molecule has 14 rings (SSSR count). The third-order valence-corrected chi connectivity index (χ3v) is 15.8. The van der Waals surface area contributed by atoms with Crippen molar-refractivity contribution in [2.24, 2.45) is 0 Å². The van der Waals surface area contributed by atoms with Gasteiger partial charge in [0, 0.05) is 59.3 Å². The maximum Gasteiger partial charge on any atom is 0.0714 e. The molecule has 0 spiro atoms. The van der Waals surface area contributed by atoms with Crippen molar-refractivity contribution in [1.29, 1.82) is 0 Å². The zero-order chi connectivity index (χ0) is 46.2. The monoisotopic (exact) mass is 908 g/mol. The first-order valence-electron chi connectivity index (χ1n) is 24.1. The zero-order valence-electron chi connectivity index (χ0n) is 38.2. The van der Waals surface area contributed by atoms with E-state index < -0.39 is 5.41 Å². The average Bonchev–Trinajstić information content (AvgIpc) is 4.09. The molecule has 0 radical (unpaired) electrons. The lowest BCUT2D eigenvalue weighted by atomic mass is 9.67. The standard InChI is InChI=1S/C67H44N2S/c1-5-20-45(21-6-1)46-36-38-51(39-37-46)68(53-40-41-55-54-30-13-16-33-60(54)67(61(55)43-53,48-23-7-2-8-24-48)49-25-9-3-10-26-49)52-29-19-22-47(42-52)58-44-59-56-31-14-17-34-62(56)69(50-27-11-4-12-28-50)65(59)64-57-32-15-18-35-63(57)70-66(58)64/h1-44H. The molecule has 0 N–H and O–H groups in total. The second kappa shape index (κ2) is 16.2. The van der Waals surface area contributed by atoms with Crippen LogP contribution in [-0.4, -0.2) is 4.57 Å². The number of nitrogens with zero attached hydrogens (tertiary/aromatic N) is 2. The van der Waals surface area contributed by atoms with E-state index in [1.165, 1.54) is 97.6 Å². The second-order valence-electron chi connectivity index (χ2n) is 18.4. The van der Waals surface area contributed by atoms with E-state index in [4.69, 9.17) is 0 Å². The van der Waals surface area contributed by atoms with Crippen LogP contribution < -0.4 is 4.90 Å². The van der Waals surface area contributed by atoms with Crippen molar-refractivity contribution >= 4 is 70.4 Å². The van der Waals surface area contributed by atoms with Crippen LogP contribution in [-0.2, 0) is 5.41 Å². The van der Waals surface area contributed by atoms with Crippen LogP contribution in [0, 0.1) is 0 Å². The van der Waals surface area contributed by atoms with Crippen LogP contribution in [0.2, 0.25) is 0 Å². The van der Waals surface area contributed by atoms with E-state index in [-0.39, 0.29) is 0 Å². The number of fused-ring (bicyclic) bond motifs is 10. The van der Waals surface area contributed by atoms with E-state index in [0.29, 0.717) is 0 Å². The highest BCUT2D eigenvalue weighted by atomic mass is 32.1. The van der Waals surface area contributed by atoms with Gasteiger partial charge in [0.1, 0.15) is 0 Å². The van der Waals surface area contributed by atoms with Gasteiger partial charge < -0.3 is 9.47 Å².